The summed E-state index contributed by atoms with van der Waals surface area (Å²) in [5, 5.41) is 3.53. The number of ether oxygens (including phenoxy) is 1. The van der Waals surface area contributed by atoms with E-state index in [1.807, 2.05) is 0 Å². The van der Waals surface area contributed by atoms with E-state index >= 15 is 0 Å². The molecule has 0 radical (unpaired) electrons. The lowest BCUT2D eigenvalue weighted by molar-refractivity contribution is -0.0294. The van der Waals surface area contributed by atoms with E-state index in [4.69, 9.17) is 4.74 Å². The van der Waals surface area contributed by atoms with Crippen molar-refractivity contribution in [3.63, 3.8) is 0 Å². The first-order valence-electron chi connectivity index (χ1n) is 7.60. The SMILES string of the molecule is CCOC1CC(CC(CC2CCCC2)NC)C1. The Morgan fingerprint density at radius 3 is 2.35 bits per heavy atom. The van der Waals surface area contributed by atoms with Gasteiger partial charge in [0.25, 0.3) is 0 Å². The third-order valence-corrected chi connectivity index (χ3v) is 4.71. The molecule has 0 spiro atoms. The predicted molar refractivity (Wildman–Crippen MR) is 72.2 cm³/mol. The third kappa shape index (κ3) is 3.96. The lowest BCUT2D eigenvalue weighted by Crippen LogP contribution is -2.37. The summed E-state index contributed by atoms with van der Waals surface area (Å²) in [5.74, 6) is 1.93. The van der Waals surface area contributed by atoms with Crippen LogP contribution in [0, 0.1) is 11.8 Å². The lowest BCUT2D eigenvalue weighted by atomic mass is 9.77. The van der Waals surface area contributed by atoms with Gasteiger partial charge in [0.05, 0.1) is 6.10 Å². The molecule has 1 atom stereocenters. The van der Waals surface area contributed by atoms with Crippen LogP contribution in [0.4, 0.5) is 0 Å². The predicted octanol–water partition coefficient (Wildman–Crippen LogP) is 3.36. The molecule has 0 aromatic rings. The summed E-state index contributed by atoms with van der Waals surface area (Å²) in [4.78, 5) is 0. The van der Waals surface area contributed by atoms with Gasteiger partial charge in [-0.3, -0.25) is 0 Å². The monoisotopic (exact) mass is 239 g/mol. The minimum atomic E-state index is 0.578. The third-order valence-electron chi connectivity index (χ3n) is 4.71. The molecule has 0 aliphatic heterocycles. The zero-order valence-electron chi connectivity index (χ0n) is 11.6. The maximum absolute atomic E-state index is 5.64. The lowest BCUT2D eigenvalue weighted by Gasteiger charge is -2.37. The van der Waals surface area contributed by atoms with Gasteiger partial charge in [-0.05, 0) is 51.5 Å². The maximum atomic E-state index is 5.64. The average molecular weight is 239 g/mol. The highest BCUT2D eigenvalue weighted by atomic mass is 16.5. The first-order chi connectivity index (χ1) is 8.31. The highest BCUT2D eigenvalue weighted by Gasteiger charge is 2.31. The van der Waals surface area contributed by atoms with Crippen molar-refractivity contribution >= 4 is 0 Å². The fourth-order valence-electron chi connectivity index (χ4n) is 3.62. The van der Waals surface area contributed by atoms with E-state index in [9.17, 15) is 0 Å². The van der Waals surface area contributed by atoms with E-state index in [0.717, 1.165) is 24.5 Å². The zero-order valence-corrected chi connectivity index (χ0v) is 11.6. The molecule has 2 heteroatoms. The molecule has 1 N–H and O–H groups in total. The summed E-state index contributed by atoms with van der Waals surface area (Å²) < 4.78 is 5.64. The van der Waals surface area contributed by atoms with Crippen LogP contribution in [0.15, 0.2) is 0 Å². The van der Waals surface area contributed by atoms with Gasteiger partial charge < -0.3 is 10.1 Å². The molecule has 2 aliphatic carbocycles. The van der Waals surface area contributed by atoms with Crippen molar-refractivity contribution in [3.8, 4) is 0 Å². The fraction of sp³-hybridized carbons (Fsp3) is 1.00. The Bertz CT molecular complexity index is 207. The normalized spacial score (nSPS) is 31.4. The highest BCUT2D eigenvalue weighted by molar-refractivity contribution is 4.85. The van der Waals surface area contributed by atoms with Gasteiger partial charge in [0.1, 0.15) is 0 Å². The molecule has 2 nitrogen and oxygen atoms in total. The molecular formula is C15H29NO. The van der Waals surface area contributed by atoms with Gasteiger partial charge in [-0.15, -0.1) is 0 Å². The number of rotatable bonds is 7. The molecule has 0 heterocycles. The molecule has 17 heavy (non-hydrogen) atoms. The number of hydrogen-bond donors (Lipinski definition) is 1. The van der Waals surface area contributed by atoms with Crippen LogP contribution < -0.4 is 5.32 Å². The van der Waals surface area contributed by atoms with Crippen LogP contribution in [0.5, 0.6) is 0 Å². The summed E-state index contributed by atoms with van der Waals surface area (Å²) in [5.41, 5.74) is 0. The second-order valence-electron chi connectivity index (χ2n) is 6.02. The van der Waals surface area contributed by atoms with Crippen molar-refractivity contribution in [2.75, 3.05) is 13.7 Å². The van der Waals surface area contributed by atoms with Crippen LogP contribution in [0.2, 0.25) is 0 Å². The minimum absolute atomic E-state index is 0.578. The van der Waals surface area contributed by atoms with Gasteiger partial charge in [0.15, 0.2) is 0 Å². The maximum Gasteiger partial charge on any atom is 0.0580 e. The van der Waals surface area contributed by atoms with E-state index in [-0.39, 0.29) is 0 Å². The summed E-state index contributed by atoms with van der Waals surface area (Å²) in [6.45, 7) is 2.98. The van der Waals surface area contributed by atoms with Crippen molar-refractivity contribution in [1.29, 1.82) is 0 Å². The first kappa shape index (κ1) is 13.4. The number of nitrogens with one attached hydrogen (secondary N) is 1. The molecule has 2 rings (SSSR count). The second kappa shape index (κ2) is 6.75. The quantitative estimate of drug-likeness (QED) is 0.735. The van der Waals surface area contributed by atoms with Gasteiger partial charge in [0, 0.05) is 12.6 Å². The van der Waals surface area contributed by atoms with Crippen molar-refractivity contribution in [2.24, 2.45) is 11.8 Å². The summed E-state index contributed by atoms with van der Waals surface area (Å²) >= 11 is 0. The molecular weight excluding hydrogens is 210 g/mol. The molecule has 0 amide bonds. The summed E-state index contributed by atoms with van der Waals surface area (Å²) in [6.07, 6.45) is 11.9. The molecule has 0 bridgehead atoms. The van der Waals surface area contributed by atoms with Gasteiger partial charge >= 0.3 is 0 Å². The van der Waals surface area contributed by atoms with Gasteiger partial charge in [-0.25, -0.2) is 0 Å². The molecule has 100 valence electrons. The smallest absolute Gasteiger partial charge is 0.0580 e. The Balaban J connectivity index is 1.62. The first-order valence-corrected chi connectivity index (χ1v) is 7.60. The second-order valence-corrected chi connectivity index (χ2v) is 6.02. The zero-order chi connectivity index (χ0) is 12.1. The van der Waals surface area contributed by atoms with Crippen LogP contribution in [0.1, 0.15) is 58.3 Å². The van der Waals surface area contributed by atoms with Crippen molar-refractivity contribution in [3.05, 3.63) is 0 Å². The number of hydrogen-bond acceptors (Lipinski definition) is 2. The summed E-state index contributed by atoms with van der Waals surface area (Å²) in [6, 6.07) is 0.755. The van der Waals surface area contributed by atoms with E-state index in [0.29, 0.717) is 6.10 Å². The Hall–Kier alpha value is -0.0800. The molecule has 2 aliphatic rings. The van der Waals surface area contributed by atoms with Gasteiger partial charge in [-0.2, -0.15) is 0 Å². The van der Waals surface area contributed by atoms with E-state index in [2.05, 4.69) is 19.3 Å². The van der Waals surface area contributed by atoms with Crippen molar-refractivity contribution < 1.29 is 4.74 Å². The Labute approximate surface area is 107 Å². The molecule has 0 aromatic carbocycles. The van der Waals surface area contributed by atoms with Crippen molar-refractivity contribution in [1.82, 2.24) is 5.32 Å². The standard InChI is InChI=1S/C15H29NO/c1-3-17-15-10-13(11-15)9-14(16-2)8-12-6-4-5-7-12/h12-16H,3-11H2,1-2H3. The average Bonchev–Trinajstić information content (AvgIpc) is 2.77. The molecule has 0 aromatic heterocycles. The topological polar surface area (TPSA) is 21.3 Å². The minimum Gasteiger partial charge on any atom is -0.378 e. The largest absolute Gasteiger partial charge is 0.378 e. The highest BCUT2D eigenvalue weighted by Crippen LogP contribution is 2.36. The Kier molecular flexibility index (Phi) is 5.30. The Morgan fingerprint density at radius 1 is 1.12 bits per heavy atom. The summed E-state index contributed by atoms with van der Waals surface area (Å²) in [7, 11) is 2.14. The van der Waals surface area contributed by atoms with Crippen LogP contribution in [-0.2, 0) is 4.74 Å². The van der Waals surface area contributed by atoms with Crippen LogP contribution >= 0.6 is 0 Å². The van der Waals surface area contributed by atoms with Crippen LogP contribution in [-0.4, -0.2) is 25.8 Å². The van der Waals surface area contributed by atoms with Crippen LogP contribution in [0.25, 0.3) is 0 Å². The van der Waals surface area contributed by atoms with Crippen LogP contribution in [0.3, 0.4) is 0 Å². The van der Waals surface area contributed by atoms with E-state index in [1.54, 1.807) is 0 Å². The Morgan fingerprint density at radius 2 is 1.76 bits per heavy atom. The fourth-order valence-corrected chi connectivity index (χ4v) is 3.62. The van der Waals surface area contributed by atoms with E-state index < -0.39 is 0 Å². The van der Waals surface area contributed by atoms with E-state index in [1.165, 1.54) is 51.4 Å². The van der Waals surface area contributed by atoms with Gasteiger partial charge in [-0.1, -0.05) is 25.7 Å². The molecule has 2 fully saturated rings. The van der Waals surface area contributed by atoms with Gasteiger partial charge in [0.2, 0.25) is 0 Å². The van der Waals surface area contributed by atoms with Crippen molar-refractivity contribution in [2.45, 2.75) is 70.4 Å². The molecule has 2 saturated carbocycles. The molecule has 0 saturated heterocycles. The molecule has 1 unspecified atom stereocenters.